The second-order valence-electron chi connectivity index (χ2n) is 2.92. The molecule has 0 aliphatic carbocycles. The van der Waals surface area contributed by atoms with Crippen molar-refractivity contribution in [1.29, 1.82) is 0 Å². The third-order valence-corrected chi connectivity index (χ3v) is 2.01. The molecule has 17 heavy (non-hydrogen) atoms. The Morgan fingerprint density at radius 3 is 2.88 bits per heavy atom. The summed E-state index contributed by atoms with van der Waals surface area (Å²) in [5.74, 6) is -0.911. The van der Waals surface area contributed by atoms with Gasteiger partial charge in [0.1, 0.15) is 5.76 Å². The van der Waals surface area contributed by atoms with Gasteiger partial charge in [-0.3, -0.25) is 0 Å². The first-order chi connectivity index (χ1) is 7.98. The predicted octanol–water partition coefficient (Wildman–Crippen LogP) is 2.43. The van der Waals surface area contributed by atoms with E-state index in [9.17, 15) is 13.2 Å². The molecule has 0 aliphatic heterocycles. The number of aromatic nitrogens is 3. The molecule has 9 heteroatoms. The van der Waals surface area contributed by atoms with Crippen molar-refractivity contribution < 1.29 is 17.6 Å². The lowest BCUT2D eigenvalue weighted by Gasteiger charge is -2.03. The van der Waals surface area contributed by atoms with Crippen LogP contribution in [-0.2, 0) is 6.18 Å². The maximum Gasteiger partial charge on any atom is 0.453 e. The van der Waals surface area contributed by atoms with Crippen LogP contribution in [0.4, 0.5) is 13.2 Å². The third kappa shape index (κ3) is 2.44. The Kier molecular flexibility index (Phi) is 2.84. The number of rotatable bonds is 2. The van der Waals surface area contributed by atoms with Gasteiger partial charge in [-0.05, 0) is 24.4 Å². The van der Waals surface area contributed by atoms with Crippen molar-refractivity contribution in [3.8, 4) is 0 Å². The van der Waals surface area contributed by atoms with Gasteiger partial charge in [0.25, 0.3) is 5.82 Å². The Morgan fingerprint density at radius 1 is 1.53 bits per heavy atom. The van der Waals surface area contributed by atoms with Crippen LogP contribution in [0, 0.1) is 4.77 Å². The normalized spacial score (nSPS) is 12.4. The van der Waals surface area contributed by atoms with E-state index in [0.29, 0.717) is 10.4 Å². The Morgan fingerprint density at radius 2 is 2.29 bits per heavy atom. The zero-order valence-electron chi connectivity index (χ0n) is 8.10. The molecule has 0 radical (unpaired) electrons. The number of halogens is 3. The molecular formula is C8H5F3N4OS. The summed E-state index contributed by atoms with van der Waals surface area (Å²) < 4.78 is 42.6. The van der Waals surface area contributed by atoms with Crippen LogP contribution in [0.15, 0.2) is 27.9 Å². The van der Waals surface area contributed by atoms with Crippen LogP contribution >= 0.6 is 12.2 Å². The second kappa shape index (κ2) is 4.17. The maximum atomic E-state index is 12.5. The zero-order valence-corrected chi connectivity index (χ0v) is 8.92. The number of H-pyrrole nitrogens is 1. The van der Waals surface area contributed by atoms with E-state index in [4.69, 9.17) is 4.42 Å². The molecule has 0 aromatic carbocycles. The molecule has 0 fully saturated rings. The van der Waals surface area contributed by atoms with Crippen LogP contribution in [-0.4, -0.2) is 21.1 Å². The average Bonchev–Trinajstić information content (AvgIpc) is 2.83. The number of hydrogen-bond donors (Lipinski definition) is 1. The van der Waals surface area contributed by atoms with E-state index in [2.05, 4.69) is 22.4 Å². The molecule has 2 aromatic heterocycles. The summed E-state index contributed by atoms with van der Waals surface area (Å²) in [6, 6.07) is 3.13. The van der Waals surface area contributed by atoms with Crippen LogP contribution in [0.1, 0.15) is 11.6 Å². The van der Waals surface area contributed by atoms with Crippen molar-refractivity contribution in [3.05, 3.63) is 34.8 Å². The van der Waals surface area contributed by atoms with E-state index < -0.39 is 12.0 Å². The largest absolute Gasteiger partial charge is 0.463 e. The van der Waals surface area contributed by atoms with Gasteiger partial charge in [0, 0.05) is 0 Å². The summed E-state index contributed by atoms with van der Waals surface area (Å²) in [4.78, 5) is 0. The maximum absolute atomic E-state index is 12.5. The predicted molar refractivity (Wildman–Crippen MR) is 54.1 cm³/mol. The van der Waals surface area contributed by atoms with Crippen molar-refractivity contribution in [1.82, 2.24) is 14.9 Å². The highest BCUT2D eigenvalue weighted by Crippen LogP contribution is 2.27. The lowest BCUT2D eigenvalue weighted by molar-refractivity contribution is -0.147. The number of alkyl halides is 3. The lowest BCUT2D eigenvalue weighted by atomic mass is 10.5. The molecule has 5 nitrogen and oxygen atoms in total. The molecule has 0 unspecified atom stereocenters. The highest BCUT2D eigenvalue weighted by molar-refractivity contribution is 7.71. The van der Waals surface area contributed by atoms with E-state index in [1.54, 1.807) is 12.1 Å². The van der Waals surface area contributed by atoms with Crippen molar-refractivity contribution in [2.75, 3.05) is 0 Å². The van der Waals surface area contributed by atoms with Gasteiger partial charge in [0.15, 0.2) is 0 Å². The molecule has 90 valence electrons. The van der Waals surface area contributed by atoms with Crippen LogP contribution in [0.5, 0.6) is 0 Å². The summed E-state index contributed by atoms with van der Waals surface area (Å²) in [5, 5.41) is 8.64. The van der Waals surface area contributed by atoms with Gasteiger partial charge in [0.2, 0.25) is 4.77 Å². The standard InChI is InChI=1S/C8H5F3N4OS/c9-8(10,11)6-13-14-7(17)15(6)12-4-5-2-1-3-16-5/h1-4H,(H,14,17)/b12-4-. The minimum Gasteiger partial charge on any atom is -0.463 e. The molecule has 0 aliphatic rings. The van der Waals surface area contributed by atoms with Gasteiger partial charge in [0.05, 0.1) is 12.5 Å². The highest BCUT2D eigenvalue weighted by Gasteiger charge is 2.37. The Bertz CT molecular complexity index is 581. The number of hydrogen-bond acceptors (Lipinski definition) is 4. The van der Waals surface area contributed by atoms with Gasteiger partial charge < -0.3 is 4.42 Å². The van der Waals surface area contributed by atoms with Crippen LogP contribution < -0.4 is 0 Å². The summed E-state index contributed by atoms with van der Waals surface area (Å²) in [5.41, 5.74) is 0. The minimum absolute atomic E-state index is 0.250. The van der Waals surface area contributed by atoms with E-state index in [0.717, 1.165) is 6.21 Å². The molecule has 0 atom stereocenters. The molecule has 0 bridgehead atoms. The smallest absolute Gasteiger partial charge is 0.453 e. The summed E-state index contributed by atoms with van der Waals surface area (Å²) >= 11 is 4.64. The van der Waals surface area contributed by atoms with Gasteiger partial charge in [-0.25, -0.2) is 5.10 Å². The average molecular weight is 262 g/mol. The Balaban J connectivity index is 2.39. The summed E-state index contributed by atoms with van der Waals surface area (Å²) in [7, 11) is 0. The van der Waals surface area contributed by atoms with Crippen LogP contribution in [0.3, 0.4) is 0 Å². The van der Waals surface area contributed by atoms with Crippen LogP contribution in [0.25, 0.3) is 0 Å². The van der Waals surface area contributed by atoms with Crippen molar-refractivity contribution in [3.63, 3.8) is 0 Å². The molecule has 2 rings (SSSR count). The lowest BCUT2D eigenvalue weighted by Crippen LogP contribution is -2.12. The van der Waals surface area contributed by atoms with Gasteiger partial charge in [-0.2, -0.15) is 22.9 Å². The number of furan rings is 1. The minimum atomic E-state index is -4.63. The fourth-order valence-corrected chi connectivity index (χ4v) is 1.24. The van der Waals surface area contributed by atoms with E-state index in [1.165, 1.54) is 6.26 Å². The fourth-order valence-electron chi connectivity index (χ4n) is 1.06. The number of nitrogens with one attached hydrogen (secondary N) is 1. The first-order valence-corrected chi connectivity index (χ1v) is 4.72. The molecular weight excluding hydrogens is 257 g/mol. The van der Waals surface area contributed by atoms with E-state index in [-0.39, 0.29) is 4.77 Å². The van der Waals surface area contributed by atoms with Gasteiger partial charge in [-0.15, -0.1) is 5.10 Å². The molecule has 0 spiro atoms. The first-order valence-electron chi connectivity index (χ1n) is 4.31. The monoisotopic (exact) mass is 262 g/mol. The molecule has 0 saturated carbocycles. The Labute approximate surface area is 97.6 Å². The van der Waals surface area contributed by atoms with Gasteiger partial charge in [-0.1, -0.05) is 0 Å². The van der Waals surface area contributed by atoms with E-state index in [1.807, 2.05) is 5.10 Å². The fraction of sp³-hybridized carbons (Fsp3) is 0.125. The van der Waals surface area contributed by atoms with Crippen molar-refractivity contribution in [2.24, 2.45) is 5.10 Å². The van der Waals surface area contributed by atoms with Crippen molar-refractivity contribution in [2.45, 2.75) is 6.18 Å². The summed E-state index contributed by atoms with van der Waals surface area (Å²) in [6.45, 7) is 0. The second-order valence-corrected chi connectivity index (χ2v) is 3.31. The molecule has 2 heterocycles. The number of nitrogens with zero attached hydrogens (tertiary/aromatic N) is 3. The first kappa shape index (κ1) is 11.6. The molecule has 0 saturated heterocycles. The van der Waals surface area contributed by atoms with E-state index >= 15 is 0 Å². The highest BCUT2D eigenvalue weighted by atomic mass is 32.1. The van der Waals surface area contributed by atoms with Gasteiger partial charge >= 0.3 is 6.18 Å². The molecule has 2 aromatic rings. The molecule has 0 amide bonds. The molecule has 1 N–H and O–H groups in total. The topological polar surface area (TPSA) is 59.1 Å². The summed E-state index contributed by atoms with van der Waals surface area (Å²) in [6.07, 6.45) is -2.14. The quantitative estimate of drug-likeness (QED) is 0.668. The number of aromatic amines is 1. The SMILES string of the molecule is FC(F)(F)c1n[nH]c(=S)n1/N=C\c1ccco1. The zero-order chi connectivity index (χ0) is 12.5. The Hall–Kier alpha value is -1.90. The third-order valence-electron chi connectivity index (χ3n) is 1.75. The van der Waals surface area contributed by atoms with Crippen LogP contribution in [0.2, 0.25) is 0 Å². The van der Waals surface area contributed by atoms with Crippen molar-refractivity contribution >= 4 is 18.4 Å².